The summed E-state index contributed by atoms with van der Waals surface area (Å²) in [6, 6.07) is 13.4. The van der Waals surface area contributed by atoms with Gasteiger partial charge in [0, 0.05) is 15.0 Å². The highest BCUT2D eigenvalue weighted by atomic mass is 32.1. The molecule has 0 unspecified atom stereocenters. The van der Waals surface area contributed by atoms with E-state index in [0.717, 1.165) is 0 Å². The van der Waals surface area contributed by atoms with Gasteiger partial charge in [0.15, 0.2) is 0 Å². The van der Waals surface area contributed by atoms with E-state index in [9.17, 15) is 0 Å². The second kappa shape index (κ2) is 3.58. The molecule has 1 heteroatoms. The minimum atomic E-state index is 1.28. The first kappa shape index (κ1) is 9.67. The maximum atomic E-state index is 2.31. The van der Waals surface area contributed by atoms with Crippen LogP contribution in [0.5, 0.6) is 0 Å². The van der Waals surface area contributed by atoms with Gasteiger partial charge in [-0.15, -0.1) is 11.3 Å². The molecule has 0 nitrogen and oxygen atoms in total. The second-order valence-corrected chi connectivity index (χ2v) is 6.01. The van der Waals surface area contributed by atoms with Crippen LogP contribution in [0.3, 0.4) is 0 Å². The number of rotatable bonds is 0. The number of fused-ring (bicyclic) bond motifs is 5. The fourth-order valence-corrected chi connectivity index (χ4v) is 4.35. The predicted octanol–water partition coefficient (Wildman–Crippen LogP) is 4.93. The SMILES string of the molecule is c1ccc2c(c1)ccc1sc3c(c12)CCCC3. The third-order valence-corrected chi connectivity index (χ3v) is 5.10. The Labute approximate surface area is 105 Å². The minimum absolute atomic E-state index is 1.28. The van der Waals surface area contributed by atoms with Crippen LogP contribution in [0, 0.1) is 0 Å². The van der Waals surface area contributed by atoms with Crippen molar-refractivity contribution in [1.29, 1.82) is 0 Å². The lowest BCUT2D eigenvalue weighted by Crippen LogP contribution is -1.97. The lowest BCUT2D eigenvalue weighted by Gasteiger charge is -2.11. The Morgan fingerprint density at radius 1 is 0.882 bits per heavy atom. The molecule has 0 fully saturated rings. The van der Waals surface area contributed by atoms with Crippen LogP contribution in [0.1, 0.15) is 23.3 Å². The van der Waals surface area contributed by atoms with E-state index in [0.29, 0.717) is 0 Å². The Morgan fingerprint density at radius 2 is 1.76 bits per heavy atom. The molecule has 1 aliphatic carbocycles. The van der Waals surface area contributed by atoms with Crippen LogP contribution in [0.2, 0.25) is 0 Å². The van der Waals surface area contributed by atoms with Crippen LogP contribution in [-0.2, 0) is 12.8 Å². The summed E-state index contributed by atoms with van der Waals surface area (Å²) in [4.78, 5) is 1.64. The molecule has 0 atom stereocenters. The molecule has 84 valence electrons. The zero-order chi connectivity index (χ0) is 11.2. The smallest absolute Gasteiger partial charge is 0.0354 e. The molecule has 0 aliphatic heterocycles. The molecule has 1 aromatic heterocycles. The van der Waals surface area contributed by atoms with E-state index in [2.05, 4.69) is 36.4 Å². The van der Waals surface area contributed by atoms with Crippen molar-refractivity contribution in [1.82, 2.24) is 0 Å². The van der Waals surface area contributed by atoms with Crippen molar-refractivity contribution in [2.24, 2.45) is 0 Å². The highest BCUT2D eigenvalue weighted by Crippen LogP contribution is 2.39. The highest BCUT2D eigenvalue weighted by molar-refractivity contribution is 7.19. The third-order valence-electron chi connectivity index (χ3n) is 3.84. The van der Waals surface area contributed by atoms with Gasteiger partial charge in [0.1, 0.15) is 0 Å². The zero-order valence-electron chi connectivity index (χ0n) is 9.70. The molecule has 4 rings (SSSR count). The van der Waals surface area contributed by atoms with Gasteiger partial charge in [-0.3, -0.25) is 0 Å². The van der Waals surface area contributed by atoms with Crippen molar-refractivity contribution in [2.75, 3.05) is 0 Å². The standard InChI is InChI=1S/C16H14S/c1-2-6-12-11(5-1)9-10-15-16(12)13-7-3-4-8-14(13)17-15/h1-2,5-6,9-10H,3-4,7-8H2. The van der Waals surface area contributed by atoms with E-state index in [4.69, 9.17) is 0 Å². The topological polar surface area (TPSA) is 0 Å². The van der Waals surface area contributed by atoms with Crippen molar-refractivity contribution in [2.45, 2.75) is 25.7 Å². The first-order valence-corrected chi connectivity index (χ1v) is 7.17. The van der Waals surface area contributed by atoms with E-state index >= 15 is 0 Å². The van der Waals surface area contributed by atoms with E-state index < -0.39 is 0 Å². The van der Waals surface area contributed by atoms with Gasteiger partial charge in [0.25, 0.3) is 0 Å². The summed E-state index contributed by atoms with van der Waals surface area (Å²) in [5.41, 5.74) is 1.65. The van der Waals surface area contributed by atoms with Gasteiger partial charge < -0.3 is 0 Å². The zero-order valence-corrected chi connectivity index (χ0v) is 10.5. The van der Waals surface area contributed by atoms with Gasteiger partial charge in [0.2, 0.25) is 0 Å². The minimum Gasteiger partial charge on any atom is -0.140 e. The molecule has 0 radical (unpaired) electrons. The summed E-state index contributed by atoms with van der Waals surface area (Å²) >= 11 is 2.01. The number of hydrogen-bond donors (Lipinski definition) is 0. The first-order chi connectivity index (χ1) is 8.43. The van der Waals surface area contributed by atoms with Gasteiger partial charge in [-0.2, -0.15) is 0 Å². The predicted molar refractivity (Wildman–Crippen MR) is 76.0 cm³/mol. The number of hydrogen-bond acceptors (Lipinski definition) is 1. The summed E-state index contributed by atoms with van der Waals surface area (Å²) in [5.74, 6) is 0. The Hall–Kier alpha value is -1.34. The summed E-state index contributed by atoms with van der Waals surface area (Å²) in [6.07, 6.45) is 5.31. The molecule has 0 N–H and O–H groups in total. The molecule has 0 saturated carbocycles. The quantitative estimate of drug-likeness (QED) is 0.520. The maximum absolute atomic E-state index is 2.31. The van der Waals surface area contributed by atoms with Gasteiger partial charge in [-0.25, -0.2) is 0 Å². The molecule has 1 heterocycles. The molecule has 0 spiro atoms. The van der Waals surface area contributed by atoms with Crippen LogP contribution in [-0.4, -0.2) is 0 Å². The Balaban J connectivity index is 2.20. The van der Waals surface area contributed by atoms with E-state index in [1.807, 2.05) is 11.3 Å². The average molecular weight is 238 g/mol. The van der Waals surface area contributed by atoms with E-state index in [1.165, 1.54) is 41.2 Å². The van der Waals surface area contributed by atoms with Crippen LogP contribution >= 0.6 is 11.3 Å². The van der Waals surface area contributed by atoms with Crippen molar-refractivity contribution >= 4 is 32.2 Å². The van der Waals surface area contributed by atoms with Crippen LogP contribution < -0.4 is 0 Å². The Bertz CT molecular complexity index is 706. The van der Waals surface area contributed by atoms with Crippen molar-refractivity contribution in [3.8, 4) is 0 Å². The lowest BCUT2D eigenvalue weighted by molar-refractivity contribution is 0.700. The molecule has 0 bridgehead atoms. The van der Waals surface area contributed by atoms with Crippen LogP contribution in [0.25, 0.3) is 20.9 Å². The summed E-state index contributed by atoms with van der Waals surface area (Å²) in [5, 5.41) is 4.37. The molecule has 0 saturated heterocycles. The monoisotopic (exact) mass is 238 g/mol. The molecular weight excluding hydrogens is 224 g/mol. The molecule has 2 aromatic carbocycles. The Morgan fingerprint density at radius 3 is 2.76 bits per heavy atom. The molecule has 1 aliphatic rings. The number of aryl methyl sites for hydroxylation is 2. The van der Waals surface area contributed by atoms with Gasteiger partial charge in [0.05, 0.1) is 0 Å². The molecule has 0 amide bonds. The van der Waals surface area contributed by atoms with Crippen molar-refractivity contribution in [3.05, 3.63) is 46.8 Å². The Kier molecular flexibility index (Phi) is 2.03. The largest absolute Gasteiger partial charge is 0.140 e. The van der Waals surface area contributed by atoms with Crippen LogP contribution in [0.4, 0.5) is 0 Å². The third kappa shape index (κ3) is 1.35. The fraction of sp³-hybridized carbons (Fsp3) is 0.250. The van der Waals surface area contributed by atoms with E-state index in [1.54, 1.807) is 15.8 Å². The lowest BCUT2D eigenvalue weighted by atomic mass is 9.94. The van der Waals surface area contributed by atoms with Gasteiger partial charge in [-0.1, -0.05) is 30.3 Å². The van der Waals surface area contributed by atoms with Gasteiger partial charge >= 0.3 is 0 Å². The number of benzene rings is 2. The molecular formula is C16H14S. The maximum Gasteiger partial charge on any atom is 0.0354 e. The summed E-state index contributed by atoms with van der Waals surface area (Å²) in [7, 11) is 0. The average Bonchev–Trinajstić information content (AvgIpc) is 2.77. The summed E-state index contributed by atoms with van der Waals surface area (Å²) < 4.78 is 1.48. The van der Waals surface area contributed by atoms with Crippen molar-refractivity contribution < 1.29 is 0 Å². The highest BCUT2D eigenvalue weighted by Gasteiger charge is 2.17. The van der Waals surface area contributed by atoms with E-state index in [-0.39, 0.29) is 0 Å². The first-order valence-electron chi connectivity index (χ1n) is 6.35. The fourth-order valence-electron chi connectivity index (χ4n) is 3.04. The molecule has 17 heavy (non-hydrogen) atoms. The van der Waals surface area contributed by atoms with Crippen molar-refractivity contribution in [3.63, 3.8) is 0 Å². The van der Waals surface area contributed by atoms with Gasteiger partial charge in [-0.05, 0) is 48.1 Å². The second-order valence-electron chi connectivity index (χ2n) is 4.87. The van der Waals surface area contributed by atoms with Crippen LogP contribution in [0.15, 0.2) is 36.4 Å². The summed E-state index contributed by atoms with van der Waals surface area (Å²) in [6.45, 7) is 0. The normalized spacial score (nSPS) is 15.3. The molecule has 3 aromatic rings. The number of thiophene rings is 1.